The van der Waals surface area contributed by atoms with E-state index in [1.807, 2.05) is 35.2 Å². The van der Waals surface area contributed by atoms with Crippen molar-refractivity contribution in [3.05, 3.63) is 65.7 Å². The number of likely N-dealkylation sites (tertiary alicyclic amines) is 1. The predicted molar refractivity (Wildman–Crippen MR) is 107 cm³/mol. The van der Waals surface area contributed by atoms with Gasteiger partial charge in [-0.25, -0.2) is 0 Å². The zero-order valence-electron chi connectivity index (χ0n) is 15.8. The fourth-order valence-electron chi connectivity index (χ4n) is 4.16. The second kappa shape index (κ2) is 8.57. The van der Waals surface area contributed by atoms with Crippen LogP contribution < -0.4 is 4.74 Å². The molecule has 4 nitrogen and oxygen atoms in total. The van der Waals surface area contributed by atoms with Gasteiger partial charge in [0.25, 0.3) is 0 Å². The number of carbonyl (C=O) groups excluding carboxylic acids is 1. The minimum absolute atomic E-state index is 0.258. The molecule has 0 radical (unpaired) electrons. The summed E-state index contributed by atoms with van der Waals surface area (Å²) in [5.41, 5.74) is 2.68. The summed E-state index contributed by atoms with van der Waals surface area (Å²) in [5, 5.41) is 0. The van der Waals surface area contributed by atoms with Crippen LogP contribution >= 0.6 is 0 Å². The monoisotopic (exact) mass is 364 g/mol. The molecule has 1 atom stereocenters. The van der Waals surface area contributed by atoms with E-state index in [0.717, 1.165) is 51.4 Å². The van der Waals surface area contributed by atoms with E-state index in [4.69, 9.17) is 4.74 Å². The largest absolute Gasteiger partial charge is 0.493 e. The number of para-hydroxylation sites is 1. The Morgan fingerprint density at radius 3 is 2.63 bits per heavy atom. The molecule has 0 bridgehead atoms. The average Bonchev–Trinajstić information content (AvgIpc) is 2.73. The normalized spacial score (nSPS) is 20.1. The number of hydrogen-bond acceptors (Lipinski definition) is 3. The van der Waals surface area contributed by atoms with E-state index in [9.17, 15) is 4.79 Å². The van der Waals surface area contributed by atoms with Gasteiger partial charge in [0.2, 0.25) is 5.91 Å². The predicted octanol–water partition coefficient (Wildman–Crippen LogP) is 3.36. The first-order chi connectivity index (χ1) is 13.3. The molecule has 2 aliphatic heterocycles. The number of rotatable bonds is 5. The van der Waals surface area contributed by atoms with Gasteiger partial charge in [0.1, 0.15) is 5.75 Å². The van der Waals surface area contributed by atoms with E-state index in [-0.39, 0.29) is 5.91 Å². The quantitative estimate of drug-likeness (QED) is 0.816. The molecule has 142 valence electrons. The lowest BCUT2D eigenvalue weighted by atomic mass is 9.98. The highest BCUT2D eigenvalue weighted by atomic mass is 16.5. The summed E-state index contributed by atoms with van der Waals surface area (Å²) in [5.74, 6) is 1.68. The number of benzene rings is 2. The maximum atomic E-state index is 12.8. The summed E-state index contributed by atoms with van der Waals surface area (Å²) >= 11 is 0. The first kappa shape index (κ1) is 18.1. The zero-order valence-corrected chi connectivity index (χ0v) is 15.8. The van der Waals surface area contributed by atoms with Crippen molar-refractivity contribution >= 4 is 5.91 Å². The Hall–Kier alpha value is -2.33. The lowest BCUT2D eigenvalue weighted by Gasteiger charge is -2.35. The minimum Gasteiger partial charge on any atom is -0.493 e. The molecule has 0 aliphatic carbocycles. The van der Waals surface area contributed by atoms with E-state index in [1.165, 1.54) is 17.5 Å². The average molecular weight is 364 g/mol. The molecule has 1 amide bonds. The molecule has 2 aromatic carbocycles. The van der Waals surface area contributed by atoms with Crippen molar-refractivity contribution in [2.24, 2.45) is 5.92 Å². The van der Waals surface area contributed by atoms with Crippen LogP contribution in [0.25, 0.3) is 0 Å². The number of amides is 1. The Morgan fingerprint density at radius 1 is 1.00 bits per heavy atom. The van der Waals surface area contributed by atoms with Gasteiger partial charge >= 0.3 is 0 Å². The lowest BCUT2D eigenvalue weighted by molar-refractivity contribution is -0.133. The van der Waals surface area contributed by atoms with Crippen molar-refractivity contribution in [2.45, 2.75) is 25.8 Å². The highest BCUT2D eigenvalue weighted by molar-refractivity contribution is 5.78. The highest BCUT2D eigenvalue weighted by Crippen LogP contribution is 2.21. The van der Waals surface area contributed by atoms with Crippen LogP contribution in [0.15, 0.2) is 54.6 Å². The van der Waals surface area contributed by atoms with Crippen molar-refractivity contribution in [3.8, 4) is 5.75 Å². The summed E-state index contributed by atoms with van der Waals surface area (Å²) in [6.07, 6.45) is 3.28. The van der Waals surface area contributed by atoms with Gasteiger partial charge in [-0.2, -0.15) is 0 Å². The molecule has 0 N–H and O–H groups in total. The molecule has 1 fully saturated rings. The van der Waals surface area contributed by atoms with E-state index in [2.05, 4.69) is 29.2 Å². The fraction of sp³-hybridized carbons (Fsp3) is 0.435. The molecular formula is C23H28N2O2. The van der Waals surface area contributed by atoms with E-state index < -0.39 is 0 Å². The second-order valence-electron chi connectivity index (χ2n) is 7.70. The summed E-state index contributed by atoms with van der Waals surface area (Å²) < 4.78 is 5.93. The number of fused-ring (bicyclic) bond motifs is 1. The van der Waals surface area contributed by atoms with Crippen molar-refractivity contribution in [3.63, 3.8) is 0 Å². The van der Waals surface area contributed by atoms with Gasteiger partial charge < -0.3 is 9.64 Å². The van der Waals surface area contributed by atoms with Crippen LogP contribution in [0.5, 0.6) is 5.75 Å². The Bertz CT molecular complexity index is 762. The lowest BCUT2D eigenvalue weighted by Crippen LogP contribution is -2.46. The topological polar surface area (TPSA) is 32.8 Å². The second-order valence-corrected chi connectivity index (χ2v) is 7.70. The molecule has 0 spiro atoms. The molecule has 2 aliphatic rings. The van der Waals surface area contributed by atoms with Crippen LogP contribution in [0.1, 0.15) is 24.0 Å². The van der Waals surface area contributed by atoms with Crippen molar-refractivity contribution in [1.82, 2.24) is 9.80 Å². The molecule has 0 aromatic heterocycles. The van der Waals surface area contributed by atoms with Crippen molar-refractivity contribution in [1.29, 1.82) is 0 Å². The first-order valence-corrected chi connectivity index (χ1v) is 10.0. The highest BCUT2D eigenvalue weighted by Gasteiger charge is 2.26. The molecule has 27 heavy (non-hydrogen) atoms. The van der Waals surface area contributed by atoms with Gasteiger partial charge in [0, 0.05) is 25.6 Å². The molecule has 1 unspecified atom stereocenters. The van der Waals surface area contributed by atoms with Crippen LogP contribution in [-0.4, -0.2) is 48.5 Å². The number of piperidine rings is 1. The van der Waals surface area contributed by atoms with E-state index >= 15 is 0 Å². The molecule has 4 rings (SSSR count). The van der Waals surface area contributed by atoms with Crippen molar-refractivity contribution < 1.29 is 9.53 Å². The van der Waals surface area contributed by atoms with Crippen LogP contribution in [0.4, 0.5) is 0 Å². The van der Waals surface area contributed by atoms with E-state index in [0.29, 0.717) is 12.5 Å². The number of ether oxygens (including phenoxy) is 1. The van der Waals surface area contributed by atoms with Crippen LogP contribution in [0.3, 0.4) is 0 Å². The van der Waals surface area contributed by atoms with E-state index in [1.54, 1.807) is 0 Å². The first-order valence-electron chi connectivity index (χ1n) is 10.0. The molecule has 1 saturated heterocycles. The number of nitrogens with zero attached hydrogens (tertiary/aromatic N) is 2. The molecule has 2 heterocycles. The van der Waals surface area contributed by atoms with Gasteiger partial charge in [0.05, 0.1) is 13.2 Å². The summed E-state index contributed by atoms with van der Waals surface area (Å²) in [6, 6.07) is 18.5. The molecule has 4 heteroatoms. The van der Waals surface area contributed by atoms with Gasteiger partial charge in [-0.3, -0.25) is 9.69 Å². The third-order valence-corrected chi connectivity index (χ3v) is 5.67. The maximum absolute atomic E-state index is 12.8. The summed E-state index contributed by atoms with van der Waals surface area (Å²) in [4.78, 5) is 17.1. The van der Waals surface area contributed by atoms with Crippen LogP contribution in [-0.2, 0) is 17.8 Å². The molecular weight excluding hydrogens is 336 g/mol. The SMILES string of the molecule is O=C(CN1CCCC(COc2ccccc2)C1)N1CCc2ccccc2C1. The Balaban J connectivity index is 1.27. The smallest absolute Gasteiger partial charge is 0.237 e. The van der Waals surface area contributed by atoms with Crippen molar-refractivity contribution in [2.75, 3.05) is 32.8 Å². The van der Waals surface area contributed by atoms with Crippen LogP contribution in [0, 0.1) is 5.92 Å². The third kappa shape index (κ3) is 4.69. The zero-order chi connectivity index (χ0) is 18.5. The fourth-order valence-corrected chi connectivity index (χ4v) is 4.16. The van der Waals surface area contributed by atoms with Gasteiger partial charge in [0.15, 0.2) is 0 Å². The Kier molecular flexibility index (Phi) is 5.73. The molecule has 2 aromatic rings. The molecule has 0 saturated carbocycles. The van der Waals surface area contributed by atoms with Crippen LogP contribution in [0.2, 0.25) is 0 Å². The minimum atomic E-state index is 0.258. The third-order valence-electron chi connectivity index (χ3n) is 5.67. The summed E-state index contributed by atoms with van der Waals surface area (Å²) in [6.45, 7) is 4.81. The van der Waals surface area contributed by atoms with Gasteiger partial charge in [-0.05, 0) is 49.1 Å². The standard InChI is InChI=1S/C23H28N2O2/c26-23(25-14-12-20-8-4-5-9-21(20)16-25)17-24-13-6-7-19(15-24)18-27-22-10-2-1-3-11-22/h1-5,8-11,19H,6-7,12-18H2. The Labute approximate surface area is 161 Å². The summed E-state index contributed by atoms with van der Waals surface area (Å²) in [7, 11) is 0. The number of carbonyl (C=O) groups is 1. The van der Waals surface area contributed by atoms with Gasteiger partial charge in [-0.1, -0.05) is 42.5 Å². The Morgan fingerprint density at radius 2 is 1.78 bits per heavy atom. The number of hydrogen-bond donors (Lipinski definition) is 0. The van der Waals surface area contributed by atoms with Gasteiger partial charge in [-0.15, -0.1) is 0 Å². The maximum Gasteiger partial charge on any atom is 0.237 e.